The summed E-state index contributed by atoms with van der Waals surface area (Å²) in [5.41, 5.74) is 1.39. The Balaban J connectivity index is 1.65. The fourth-order valence-electron chi connectivity index (χ4n) is 3.00. The van der Waals surface area contributed by atoms with Crippen LogP contribution in [0.5, 0.6) is 17.2 Å². The topological polar surface area (TPSA) is 75.0 Å². The predicted molar refractivity (Wildman–Crippen MR) is 121 cm³/mol. The highest BCUT2D eigenvalue weighted by atomic mass is 32.1. The van der Waals surface area contributed by atoms with Gasteiger partial charge in [-0.15, -0.1) is 5.10 Å². The van der Waals surface area contributed by atoms with Crippen LogP contribution in [0.4, 0.5) is 0 Å². The maximum Gasteiger partial charge on any atom is 0.291 e. The second kappa shape index (κ2) is 8.77. The van der Waals surface area contributed by atoms with E-state index in [1.165, 1.54) is 15.9 Å². The minimum atomic E-state index is -0.214. The molecule has 0 saturated carbocycles. The molecule has 0 radical (unpaired) electrons. The molecular weight excluding hydrogens is 414 g/mol. The summed E-state index contributed by atoms with van der Waals surface area (Å²) in [6, 6.07) is 13.0. The van der Waals surface area contributed by atoms with E-state index in [0.717, 1.165) is 16.9 Å². The summed E-state index contributed by atoms with van der Waals surface area (Å²) < 4.78 is 18.2. The normalized spacial score (nSPS) is 12.0. The van der Waals surface area contributed by atoms with E-state index in [-0.39, 0.29) is 5.56 Å². The molecule has 7 nitrogen and oxygen atoms in total. The standard InChI is InChI=1S/C23H23N3O4S/c1-14(2)13-30-17-8-5-15(6-9-17)21-24-23-26(25-21)22(27)20(31-23)11-16-7-10-18(28-3)12-19(16)29-4/h5-12,14H,13H2,1-4H3/b20-11+. The number of rotatable bonds is 7. The van der Waals surface area contributed by atoms with Gasteiger partial charge in [-0.25, -0.2) is 0 Å². The number of fused-ring (bicyclic) bond motifs is 1. The van der Waals surface area contributed by atoms with Gasteiger partial charge in [0.2, 0.25) is 4.96 Å². The van der Waals surface area contributed by atoms with Crippen molar-refractivity contribution in [2.75, 3.05) is 20.8 Å². The summed E-state index contributed by atoms with van der Waals surface area (Å²) in [6.07, 6.45) is 1.78. The molecule has 0 aliphatic rings. The van der Waals surface area contributed by atoms with Crippen LogP contribution >= 0.6 is 11.3 Å². The van der Waals surface area contributed by atoms with E-state index in [2.05, 4.69) is 23.9 Å². The molecule has 0 fully saturated rings. The van der Waals surface area contributed by atoms with Crippen LogP contribution in [0.25, 0.3) is 22.4 Å². The molecule has 4 rings (SSSR count). The number of hydrogen-bond acceptors (Lipinski definition) is 7. The van der Waals surface area contributed by atoms with Gasteiger partial charge in [-0.2, -0.15) is 9.50 Å². The van der Waals surface area contributed by atoms with Crippen LogP contribution < -0.4 is 24.3 Å². The van der Waals surface area contributed by atoms with Crippen LogP contribution in [-0.2, 0) is 0 Å². The number of hydrogen-bond donors (Lipinski definition) is 0. The van der Waals surface area contributed by atoms with Gasteiger partial charge >= 0.3 is 0 Å². The Kier molecular flexibility index (Phi) is 5.90. The number of aromatic nitrogens is 3. The molecule has 0 amide bonds. The average molecular weight is 438 g/mol. The molecule has 0 saturated heterocycles. The molecule has 2 aromatic carbocycles. The summed E-state index contributed by atoms with van der Waals surface area (Å²) in [7, 11) is 3.18. The van der Waals surface area contributed by atoms with Gasteiger partial charge < -0.3 is 14.2 Å². The molecule has 0 atom stereocenters. The summed E-state index contributed by atoms with van der Waals surface area (Å²) in [5.74, 6) is 3.07. The molecule has 160 valence electrons. The Bertz CT molecular complexity index is 1310. The smallest absolute Gasteiger partial charge is 0.291 e. The van der Waals surface area contributed by atoms with Crippen LogP contribution in [0.15, 0.2) is 47.3 Å². The molecule has 0 aliphatic heterocycles. The van der Waals surface area contributed by atoms with Crippen LogP contribution in [0.1, 0.15) is 19.4 Å². The third-order valence-corrected chi connectivity index (χ3v) is 5.56. The fraction of sp³-hybridized carbons (Fsp3) is 0.261. The predicted octanol–water partition coefficient (Wildman–Crippen LogP) is 3.42. The quantitative estimate of drug-likeness (QED) is 0.441. The molecular formula is C23H23N3O4S. The summed E-state index contributed by atoms with van der Waals surface area (Å²) >= 11 is 1.29. The van der Waals surface area contributed by atoms with Crippen LogP contribution in [0.3, 0.4) is 0 Å². The zero-order valence-electron chi connectivity index (χ0n) is 17.8. The lowest BCUT2D eigenvalue weighted by molar-refractivity contribution is 0.271. The number of ether oxygens (including phenoxy) is 3. The molecule has 8 heteroatoms. The maximum atomic E-state index is 12.9. The van der Waals surface area contributed by atoms with Gasteiger partial charge in [-0.3, -0.25) is 4.79 Å². The lowest BCUT2D eigenvalue weighted by Crippen LogP contribution is -2.23. The SMILES string of the molecule is COc1ccc(/C=c2/sc3nc(-c4ccc(OCC(C)C)cc4)nn3c2=O)c(OC)c1. The van der Waals surface area contributed by atoms with Gasteiger partial charge in [0.25, 0.3) is 5.56 Å². The van der Waals surface area contributed by atoms with Gasteiger partial charge in [0.15, 0.2) is 5.82 Å². The van der Waals surface area contributed by atoms with Gasteiger partial charge in [0.1, 0.15) is 17.2 Å². The zero-order valence-corrected chi connectivity index (χ0v) is 18.6. The Labute approximate surface area is 183 Å². The van der Waals surface area contributed by atoms with Crippen molar-refractivity contribution < 1.29 is 14.2 Å². The number of nitrogens with zero attached hydrogens (tertiary/aromatic N) is 3. The molecule has 0 spiro atoms. The van der Waals surface area contributed by atoms with Crippen LogP contribution in [0.2, 0.25) is 0 Å². The van der Waals surface area contributed by atoms with Crippen molar-refractivity contribution in [1.29, 1.82) is 0 Å². The third kappa shape index (κ3) is 4.39. The Morgan fingerprint density at radius 1 is 1.06 bits per heavy atom. The second-order valence-electron chi connectivity index (χ2n) is 7.38. The Morgan fingerprint density at radius 2 is 1.81 bits per heavy atom. The van der Waals surface area contributed by atoms with Crippen molar-refractivity contribution in [2.24, 2.45) is 5.92 Å². The third-order valence-electron chi connectivity index (χ3n) is 4.60. The molecule has 0 unspecified atom stereocenters. The molecule has 0 aliphatic carbocycles. The van der Waals surface area contributed by atoms with Crippen LogP contribution in [-0.4, -0.2) is 35.4 Å². The monoisotopic (exact) mass is 437 g/mol. The molecule has 2 aromatic heterocycles. The Hall–Kier alpha value is -3.39. The van der Waals surface area contributed by atoms with Crippen molar-refractivity contribution in [1.82, 2.24) is 14.6 Å². The minimum Gasteiger partial charge on any atom is -0.497 e. The number of benzene rings is 2. The van der Waals surface area contributed by atoms with Crippen molar-refractivity contribution in [2.45, 2.75) is 13.8 Å². The van der Waals surface area contributed by atoms with E-state index in [1.54, 1.807) is 26.4 Å². The van der Waals surface area contributed by atoms with E-state index in [4.69, 9.17) is 14.2 Å². The van der Waals surface area contributed by atoms with Crippen molar-refractivity contribution in [3.8, 4) is 28.6 Å². The van der Waals surface area contributed by atoms with E-state index < -0.39 is 0 Å². The largest absolute Gasteiger partial charge is 0.497 e. The van der Waals surface area contributed by atoms with Gasteiger partial charge in [0.05, 0.1) is 25.4 Å². The zero-order chi connectivity index (χ0) is 22.0. The summed E-state index contributed by atoms with van der Waals surface area (Å²) in [6.45, 7) is 4.87. The lowest BCUT2D eigenvalue weighted by atomic mass is 10.2. The molecule has 0 N–H and O–H groups in total. The maximum absolute atomic E-state index is 12.9. The highest BCUT2D eigenvalue weighted by molar-refractivity contribution is 7.15. The highest BCUT2D eigenvalue weighted by Gasteiger charge is 2.13. The molecule has 4 aromatic rings. The van der Waals surface area contributed by atoms with Crippen LogP contribution in [0, 0.1) is 5.92 Å². The number of methoxy groups -OCH3 is 2. The minimum absolute atomic E-state index is 0.214. The molecule has 2 heterocycles. The van der Waals surface area contributed by atoms with E-state index in [1.807, 2.05) is 36.4 Å². The number of thiazole rings is 1. The molecule has 0 bridgehead atoms. The first-order valence-corrected chi connectivity index (χ1v) is 10.7. The molecule has 31 heavy (non-hydrogen) atoms. The first-order valence-electron chi connectivity index (χ1n) is 9.85. The highest BCUT2D eigenvalue weighted by Crippen LogP contribution is 2.25. The lowest BCUT2D eigenvalue weighted by Gasteiger charge is -2.08. The fourth-order valence-corrected chi connectivity index (χ4v) is 3.90. The summed E-state index contributed by atoms with van der Waals surface area (Å²) in [4.78, 5) is 17.9. The van der Waals surface area contributed by atoms with Crippen molar-refractivity contribution in [3.05, 3.63) is 62.9 Å². The first kappa shape index (κ1) is 20.9. The van der Waals surface area contributed by atoms with Gasteiger partial charge in [0, 0.05) is 17.2 Å². The van der Waals surface area contributed by atoms with Gasteiger partial charge in [-0.1, -0.05) is 25.2 Å². The average Bonchev–Trinajstić information content (AvgIpc) is 3.32. The Morgan fingerprint density at radius 3 is 2.45 bits per heavy atom. The summed E-state index contributed by atoms with van der Waals surface area (Å²) in [5, 5.41) is 4.41. The second-order valence-corrected chi connectivity index (χ2v) is 8.39. The van der Waals surface area contributed by atoms with Crippen molar-refractivity contribution >= 4 is 22.4 Å². The van der Waals surface area contributed by atoms with Gasteiger partial charge in [-0.05, 0) is 48.4 Å². The van der Waals surface area contributed by atoms with E-state index in [0.29, 0.717) is 39.3 Å². The van der Waals surface area contributed by atoms with Crippen molar-refractivity contribution in [3.63, 3.8) is 0 Å². The first-order chi connectivity index (χ1) is 15.0. The van der Waals surface area contributed by atoms with E-state index in [9.17, 15) is 4.79 Å². The van der Waals surface area contributed by atoms with E-state index >= 15 is 0 Å².